The van der Waals surface area contributed by atoms with Crippen LogP contribution in [0, 0.1) is 11.6 Å². The van der Waals surface area contributed by atoms with E-state index >= 15 is 0 Å². The molecule has 0 radical (unpaired) electrons. The number of carbonyl (C=O) groups is 1. The van der Waals surface area contributed by atoms with Gasteiger partial charge in [-0.2, -0.15) is 13.2 Å². The fourth-order valence-corrected chi connectivity index (χ4v) is 1.95. The van der Waals surface area contributed by atoms with Crippen LogP contribution in [0.3, 0.4) is 0 Å². The Morgan fingerprint density at radius 2 is 1.89 bits per heavy atom. The van der Waals surface area contributed by atoms with Crippen LogP contribution in [0.25, 0.3) is 0 Å². The number of rotatable bonds is 4. The van der Waals surface area contributed by atoms with Gasteiger partial charge >= 0.3 is 12.3 Å². The number of carboxylic acid groups (broad SMARTS) is 1. The van der Waals surface area contributed by atoms with Crippen molar-refractivity contribution in [3.05, 3.63) is 53.4 Å². The van der Waals surface area contributed by atoms with Crippen LogP contribution in [0.4, 0.5) is 38.1 Å². The normalized spacial score (nSPS) is 13.4. The lowest BCUT2D eigenvalue weighted by atomic mass is 10.1. The standard InChI is InChI=1S/C14H10F5N3O2.C3H7N/c15-9-3-1-2-8(14(17,18)19)12(9)22-7-4-10(16)11(20-5-7)6-21-13(23)24;4-3-1-2-3/h1-5,21-22H,6H2,(H,23,24);3H,1-2,4H2. The molecule has 1 aliphatic rings. The maximum Gasteiger partial charge on any atom is 0.418 e. The Morgan fingerprint density at radius 3 is 2.39 bits per heavy atom. The third-order valence-corrected chi connectivity index (χ3v) is 3.53. The number of halogens is 5. The molecule has 11 heteroatoms. The van der Waals surface area contributed by atoms with Crippen molar-refractivity contribution in [2.75, 3.05) is 5.32 Å². The predicted octanol–water partition coefficient (Wildman–Crippen LogP) is 4.00. The molecule has 0 bridgehead atoms. The second-order valence-corrected chi connectivity index (χ2v) is 5.93. The fraction of sp³-hybridized carbons (Fsp3) is 0.294. The van der Waals surface area contributed by atoms with Gasteiger partial charge in [0.25, 0.3) is 0 Å². The van der Waals surface area contributed by atoms with Gasteiger partial charge in [0.1, 0.15) is 11.6 Å². The van der Waals surface area contributed by atoms with Gasteiger partial charge in [0, 0.05) is 12.1 Å². The highest BCUT2D eigenvalue weighted by Crippen LogP contribution is 2.37. The molecule has 0 atom stereocenters. The molecule has 0 aliphatic heterocycles. The lowest BCUT2D eigenvalue weighted by Crippen LogP contribution is -2.21. The summed E-state index contributed by atoms with van der Waals surface area (Å²) in [6.45, 7) is -0.422. The molecular formula is C17H17F5N4O2. The number of nitrogens with one attached hydrogen (secondary N) is 2. The van der Waals surface area contributed by atoms with Crippen LogP contribution in [0.15, 0.2) is 30.5 Å². The summed E-state index contributed by atoms with van der Waals surface area (Å²) < 4.78 is 66.2. The van der Waals surface area contributed by atoms with Crippen LogP contribution >= 0.6 is 0 Å². The van der Waals surface area contributed by atoms with Crippen LogP contribution in [0.1, 0.15) is 24.1 Å². The Bertz CT molecular complexity index is 841. The summed E-state index contributed by atoms with van der Waals surface area (Å²) >= 11 is 0. The summed E-state index contributed by atoms with van der Waals surface area (Å²) in [5.41, 5.74) is 2.64. The first-order valence-corrected chi connectivity index (χ1v) is 8.07. The van der Waals surface area contributed by atoms with Gasteiger partial charge in [-0.3, -0.25) is 4.98 Å². The van der Waals surface area contributed by atoms with E-state index in [1.54, 1.807) is 0 Å². The molecule has 152 valence electrons. The fourth-order valence-electron chi connectivity index (χ4n) is 1.95. The zero-order valence-corrected chi connectivity index (χ0v) is 14.4. The van der Waals surface area contributed by atoms with Crippen molar-refractivity contribution in [1.29, 1.82) is 0 Å². The smallest absolute Gasteiger partial charge is 0.418 e. The number of anilines is 2. The van der Waals surface area contributed by atoms with Gasteiger partial charge in [0.2, 0.25) is 0 Å². The summed E-state index contributed by atoms with van der Waals surface area (Å²) in [5, 5.41) is 12.5. The largest absolute Gasteiger partial charge is 0.465 e. The number of hydrogen-bond donors (Lipinski definition) is 4. The minimum atomic E-state index is -4.80. The number of benzene rings is 1. The molecule has 1 heterocycles. The van der Waals surface area contributed by atoms with Crippen LogP contribution in [0.2, 0.25) is 0 Å². The third kappa shape index (κ3) is 6.34. The number of pyridine rings is 1. The Morgan fingerprint density at radius 1 is 1.25 bits per heavy atom. The molecular weight excluding hydrogens is 387 g/mol. The molecule has 3 rings (SSSR count). The molecule has 6 nitrogen and oxygen atoms in total. The van der Waals surface area contributed by atoms with Crippen LogP contribution < -0.4 is 16.4 Å². The molecule has 28 heavy (non-hydrogen) atoms. The molecule has 1 amide bonds. The van der Waals surface area contributed by atoms with Crippen LogP contribution in [-0.2, 0) is 12.7 Å². The molecule has 1 aromatic heterocycles. The highest BCUT2D eigenvalue weighted by Gasteiger charge is 2.34. The lowest BCUT2D eigenvalue weighted by Gasteiger charge is -2.15. The zero-order valence-electron chi connectivity index (χ0n) is 14.4. The summed E-state index contributed by atoms with van der Waals surface area (Å²) in [5.74, 6) is -2.12. The van der Waals surface area contributed by atoms with Crippen molar-refractivity contribution in [1.82, 2.24) is 10.3 Å². The zero-order chi connectivity index (χ0) is 20.9. The van der Waals surface area contributed by atoms with Crippen molar-refractivity contribution in [2.24, 2.45) is 5.73 Å². The Hall–Kier alpha value is -2.95. The van der Waals surface area contributed by atoms with E-state index in [9.17, 15) is 26.7 Å². The predicted molar refractivity (Wildman–Crippen MR) is 91.0 cm³/mol. The number of nitrogens with zero attached hydrogens (tertiary/aromatic N) is 1. The van der Waals surface area contributed by atoms with Crippen LogP contribution in [-0.4, -0.2) is 22.2 Å². The average Bonchev–Trinajstić information content (AvgIpc) is 3.37. The van der Waals surface area contributed by atoms with E-state index in [1.807, 2.05) is 5.32 Å². The first-order chi connectivity index (χ1) is 13.1. The van der Waals surface area contributed by atoms with Gasteiger partial charge in [-0.25, -0.2) is 13.6 Å². The highest BCUT2D eigenvalue weighted by molar-refractivity contribution is 5.65. The van der Waals surface area contributed by atoms with E-state index in [2.05, 4.69) is 10.3 Å². The topological polar surface area (TPSA) is 100 Å². The number of alkyl halides is 3. The first-order valence-electron chi connectivity index (χ1n) is 8.07. The van der Waals surface area contributed by atoms with Gasteiger partial charge < -0.3 is 21.5 Å². The molecule has 0 unspecified atom stereocenters. The second-order valence-electron chi connectivity index (χ2n) is 5.93. The third-order valence-electron chi connectivity index (χ3n) is 3.53. The van der Waals surface area contributed by atoms with E-state index in [1.165, 1.54) is 12.8 Å². The van der Waals surface area contributed by atoms with Gasteiger partial charge in [-0.15, -0.1) is 0 Å². The number of para-hydroxylation sites is 1. The monoisotopic (exact) mass is 404 g/mol. The molecule has 1 aromatic carbocycles. The molecule has 5 N–H and O–H groups in total. The van der Waals surface area contributed by atoms with E-state index < -0.39 is 41.7 Å². The molecule has 0 spiro atoms. The maximum atomic E-state index is 13.8. The van der Waals surface area contributed by atoms with Gasteiger partial charge in [0.15, 0.2) is 0 Å². The van der Waals surface area contributed by atoms with E-state index in [0.29, 0.717) is 12.1 Å². The second kappa shape index (κ2) is 8.83. The Kier molecular flexibility index (Phi) is 6.73. The number of amides is 1. The van der Waals surface area contributed by atoms with E-state index in [-0.39, 0.29) is 11.4 Å². The van der Waals surface area contributed by atoms with E-state index in [4.69, 9.17) is 10.8 Å². The maximum absolute atomic E-state index is 13.8. The summed E-state index contributed by atoms with van der Waals surface area (Å²) in [6, 6.07) is 3.79. The molecule has 1 fully saturated rings. The Labute approximate surface area is 156 Å². The molecule has 2 aromatic rings. The van der Waals surface area contributed by atoms with Crippen molar-refractivity contribution in [2.45, 2.75) is 31.6 Å². The summed E-state index contributed by atoms with van der Waals surface area (Å²) in [4.78, 5) is 13.9. The quantitative estimate of drug-likeness (QED) is 0.578. The summed E-state index contributed by atoms with van der Waals surface area (Å²) in [7, 11) is 0. The molecule has 0 saturated heterocycles. The number of nitrogens with two attached hydrogens (primary N) is 1. The SMILES string of the molecule is NC1CC1.O=C(O)NCc1ncc(Nc2c(F)cccc2C(F)(F)F)cc1F. The van der Waals surface area contributed by atoms with Gasteiger partial charge in [0.05, 0.1) is 35.4 Å². The van der Waals surface area contributed by atoms with Crippen molar-refractivity contribution in [3.8, 4) is 0 Å². The minimum Gasteiger partial charge on any atom is -0.465 e. The number of hydrogen-bond acceptors (Lipinski definition) is 4. The lowest BCUT2D eigenvalue weighted by molar-refractivity contribution is -0.137. The van der Waals surface area contributed by atoms with Crippen molar-refractivity contribution < 1.29 is 31.9 Å². The molecule has 1 saturated carbocycles. The van der Waals surface area contributed by atoms with Crippen molar-refractivity contribution >= 4 is 17.5 Å². The molecule has 1 aliphatic carbocycles. The van der Waals surface area contributed by atoms with Crippen molar-refractivity contribution in [3.63, 3.8) is 0 Å². The highest BCUT2D eigenvalue weighted by atomic mass is 19.4. The summed E-state index contributed by atoms with van der Waals surface area (Å²) in [6.07, 6.45) is -2.70. The van der Waals surface area contributed by atoms with Crippen LogP contribution in [0.5, 0.6) is 0 Å². The van der Waals surface area contributed by atoms with E-state index in [0.717, 1.165) is 24.4 Å². The van der Waals surface area contributed by atoms with Gasteiger partial charge in [-0.1, -0.05) is 6.07 Å². The Balaban J connectivity index is 0.000000620. The number of aromatic nitrogens is 1. The average molecular weight is 404 g/mol. The first kappa shape index (κ1) is 21.4. The van der Waals surface area contributed by atoms with Gasteiger partial charge in [-0.05, 0) is 25.0 Å². The minimum absolute atomic E-state index is 0.220.